The van der Waals surface area contributed by atoms with Crippen molar-refractivity contribution in [2.45, 2.75) is 13.5 Å². The third-order valence-corrected chi connectivity index (χ3v) is 2.59. The summed E-state index contributed by atoms with van der Waals surface area (Å²) in [6.45, 7) is 2.24. The summed E-state index contributed by atoms with van der Waals surface area (Å²) in [6, 6.07) is 6.03. The number of halogens is 1. The minimum absolute atomic E-state index is 0.157. The zero-order valence-electron chi connectivity index (χ0n) is 11.2. The maximum atomic E-state index is 13.5. The standard InChI is InChI=1S/C13H13FN4O3/c1-2-15-13-16-7-11(18(19)20)12(17-13)21-8-9-5-3-4-6-10(9)14/h3-7H,2,8H2,1H3,(H,15,16,17). The average Bonchev–Trinajstić information content (AvgIpc) is 2.46. The van der Waals surface area contributed by atoms with Gasteiger partial charge in [0.2, 0.25) is 5.95 Å². The molecule has 1 N–H and O–H groups in total. The number of nitrogens with one attached hydrogen (secondary N) is 1. The average molecular weight is 292 g/mol. The zero-order valence-corrected chi connectivity index (χ0v) is 11.2. The number of ether oxygens (including phenoxy) is 1. The van der Waals surface area contributed by atoms with Crippen molar-refractivity contribution >= 4 is 11.6 Å². The van der Waals surface area contributed by atoms with Crippen LogP contribution >= 0.6 is 0 Å². The molecular weight excluding hydrogens is 279 g/mol. The molecular formula is C13H13FN4O3. The van der Waals surface area contributed by atoms with Crippen LogP contribution in [0.3, 0.4) is 0 Å². The number of anilines is 1. The highest BCUT2D eigenvalue weighted by atomic mass is 19.1. The lowest BCUT2D eigenvalue weighted by atomic mass is 10.2. The van der Waals surface area contributed by atoms with Gasteiger partial charge in [0.05, 0.1) is 4.92 Å². The SMILES string of the molecule is CCNc1ncc([N+](=O)[O-])c(OCc2ccccc2F)n1. The van der Waals surface area contributed by atoms with Gasteiger partial charge in [-0.2, -0.15) is 4.98 Å². The van der Waals surface area contributed by atoms with Crippen molar-refractivity contribution in [3.63, 3.8) is 0 Å². The van der Waals surface area contributed by atoms with Gasteiger partial charge < -0.3 is 10.1 Å². The normalized spacial score (nSPS) is 10.2. The van der Waals surface area contributed by atoms with E-state index in [1.165, 1.54) is 12.1 Å². The van der Waals surface area contributed by atoms with Crippen LogP contribution in [0.15, 0.2) is 30.5 Å². The third kappa shape index (κ3) is 3.62. The second-order valence-corrected chi connectivity index (χ2v) is 4.05. The summed E-state index contributed by atoms with van der Waals surface area (Å²) >= 11 is 0. The van der Waals surface area contributed by atoms with Gasteiger partial charge in [0.25, 0.3) is 5.88 Å². The van der Waals surface area contributed by atoms with E-state index < -0.39 is 10.7 Å². The van der Waals surface area contributed by atoms with Crippen molar-refractivity contribution in [2.24, 2.45) is 0 Å². The second kappa shape index (κ2) is 6.60. The molecule has 2 rings (SSSR count). The Kier molecular flexibility index (Phi) is 4.60. The quantitative estimate of drug-likeness (QED) is 0.650. The van der Waals surface area contributed by atoms with E-state index in [9.17, 15) is 14.5 Å². The van der Waals surface area contributed by atoms with Crippen molar-refractivity contribution in [1.82, 2.24) is 9.97 Å². The molecule has 0 saturated carbocycles. The summed E-state index contributed by atoms with van der Waals surface area (Å²) in [4.78, 5) is 18.0. The molecule has 0 aliphatic rings. The Bertz CT molecular complexity index is 651. The maximum absolute atomic E-state index is 13.5. The molecule has 1 aromatic heterocycles. The Labute approximate surface area is 120 Å². The van der Waals surface area contributed by atoms with Crippen LogP contribution < -0.4 is 10.1 Å². The molecule has 0 saturated heterocycles. The molecule has 8 heteroatoms. The molecule has 0 amide bonds. The number of hydrogen-bond donors (Lipinski definition) is 1. The Hall–Kier alpha value is -2.77. The first-order valence-corrected chi connectivity index (χ1v) is 6.23. The van der Waals surface area contributed by atoms with Gasteiger partial charge in [0, 0.05) is 12.1 Å². The lowest BCUT2D eigenvalue weighted by molar-refractivity contribution is -0.386. The molecule has 0 atom stereocenters. The van der Waals surface area contributed by atoms with Crippen LogP contribution in [0.4, 0.5) is 16.0 Å². The largest absolute Gasteiger partial charge is 0.468 e. The maximum Gasteiger partial charge on any atom is 0.349 e. The fourth-order valence-electron chi connectivity index (χ4n) is 1.60. The van der Waals surface area contributed by atoms with E-state index in [4.69, 9.17) is 4.74 Å². The molecule has 1 heterocycles. The molecule has 21 heavy (non-hydrogen) atoms. The van der Waals surface area contributed by atoms with Gasteiger partial charge in [-0.1, -0.05) is 18.2 Å². The first kappa shape index (κ1) is 14.6. The van der Waals surface area contributed by atoms with Crippen LogP contribution in [-0.2, 0) is 6.61 Å². The first-order chi connectivity index (χ1) is 10.1. The molecule has 1 aromatic carbocycles. The van der Waals surface area contributed by atoms with Crippen LogP contribution in [-0.4, -0.2) is 21.4 Å². The lowest BCUT2D eigenvalue weighted by Gasteiger charge is -2.08. The van der Waals surface area contributed by atoms with Crippen molar-refractivity contribution in [2.75, 3.05) is 11.9 Å². The predicted molar refractivity (Wildman–Crippen MR) is 73.6 cm³/mol. The van der Waals surface area contributed by atoms with Gasteiger partial charge >= 0.3 is 5.69 Å². The van der Waals surface area contributed by atoms with E-state index in [2.05, 4.69) is 15.3 Å². The highest BCUT2D eigenvalue weighted by molar-refractivity contribution is 5.43. The van der Waals surface area contributed by atoms with E-state index in [0.29, 0.717) is 6.54 Å². The number of hydrogen-bond acceptors (Lipinski definition) is 6. The lowest BCUT2D eigenvalue weighted by Crippen LogP contribution is -2.07. The van der Waals surface area contributed by atoms with Crippen molar-refractivity contribution in [1.29, 1.82) is 0 Å². The van der Waals surface area contributed by atoms with E-state index in [1.54, 1.807) is 12.1 Å². The molecule has 110 valence electrons. The van der Waals surface area contributed by atoms with Crippen LogP contribution in [0, 0.1) is 15.9 Å². The van der Waals surface area contributed by atoms with Gasteiger partial charge in [-0.05, 0) is 13.0 Å². The molecule has 2 aromatic rings. The molecule has 0 fully saturated rings. The number of nitrogens with zero attached hydrogens (tertiary/aromatic N) is 3. The third-order valence-electron chi connectivity index (χ3n) is 2.59. The molecule has 0 aliphatic carbocycles. The van der Waals surface area contributed by atoms with E-state index >= 15 is 0 Å². The van der Waals surface area contributed by atoms with Crippen molar-refractivity contribution < 1.29 is 14.1 Å². The van der Waals surface area contributed by atoms with Gasteiger partial charge in [-0.25, -0.2) is 9.37 Å². The minimum atomic E-state index is -0.646. The summed E-state index contributed by atoms with van der Waals surface area (Å²) in [5.74, 6) is -0.429. The van der Waals surface area contributed by atoms with E-state index in [0.717, 1.165) is 6.20 Å². The molecule has 0 unspecified atom stereocenters. The van der Waals surface area contributed by atoms with Crippen molar-refractivity contribution in [3.8, 4) is 5.88 Å². The highest BCUT2D eigenvalue weighted by Gasteiger charge is 2.19. The Balaban J connectivity index is 2.22. The summed E-state index contributed by atoms with van der Waals surface area (Å²) in [5, 5.41) is 13.7. The molecule has 0 bridgehead atoms. The first-order valence-electron chi connectivity index (χ1n) is 6.23. The number of aromatic nitrogens is 2. The summed E-state index contributed by atoms with van der Waals surface area (Å²) in [5.41, 5.74) is -0.0802. The zero-order chi connectivity index (χ0) is 15.2. The number of benzene rings is 1. The molecule has 0 aliphatic heterocycles. The Morgan fingerprint density at radius 3 is 2.86 bits per heavy atom. The smallest absolute Gasteiger partial charge is 0.349 e. The summed E-state index contributed by atoms with van der Waals surface area (Å²) < 4.78 is 18.8. The Morgan fingerprint density at radius 1 is 1.43 bits per heavy atom. The fraction of sp³-hybridized carbons (Fsp3) is 0.231. The highest BCUT2D eigenvalue weighted by Crippen LogP contribution is 2.25. The molecule has 7 nitrogen and oxygen atoms in total. The van der Waals surface area contributed by atoms with Crippen molar-refractivity contribution in [3.05, 3.63) is 52.0 Å². The van der Waals surface area contributed by atoms with Gasteiger partial charge in [0.1, 0.15) is 18.6 Å². The van der Waals surface area contributed by atoms with Gasteiger partial charge in [0.15, 0.2) is 0 Å². The molecule has 0 radical (unpaired) electrons. The van der Waals surface area contributed by atoms with E-state index in [-0.39, 0.29) is 29.7 Å². The Morgan fingerprint density at radius 2 is 2.19 bits per heavy atom. The van der Waals surface area contributed by atoms with Gasteiger partial charge in [-0.15, -0.1) is 0 Å². The number of rotatable bonds is 6. The monoisotopic (exact) mass is 292 g/mol. The predicted octanol–water partition coefficient (Wildman–Crippen LogP) is 2.53. The van der Waals surface area contributed by atoms with Gasteiger partial charge in [-0.3, -0.25) is 10.1 Å². The summed E-state index contributed by atoms with van der Waals surface area (Å²) in [7, 11) is 0. The van der Waals surface area contributed by atoms with Crippen LogP contribution in [0.2, 0.25) is 0 Å². The van der Waals surface area contributed by atoms with Crippen LogP contribution in [0.1, 0.15) is 12.5 Å². The molecule has 0 spiro atoms. The summed E-state index contributed by atoms with van der Waals surface area (Å²) in [6.07, 6.45) is 1.06. The van der Waals surface area contributed by atoms with E-state index in [1.807, 2.05) is 6.92 Å². The fourth-order valence-corrected chi connectivity index (χ4v) is 1.60. The minimum Gasteiger partial charge on any atom is -0.468 e. The topological polar surface area (TPSA) is 90.2 Å². The van der Waals surface area contributed by atoms with Crippen LogP contribution in [0.25, 0.3) is 0 Å². The number of nitro groups is 1. The second-order valence-electron chi connectivity index (χ2n) is 4.05. The van der Waals surface area contributed by atoms with Crippen LogP contribution in [0.5, 0.6) is 5.88 Å².